The van der Waals surface area contributed by atoms with Crippen LogP contribution in [0.25, 0.3) is 11.4 Å². The van der Waals surface area contributed by atoms with E-state index in [-0.39, 0.29) is 0 Å². The zero-order valence-electron chi connectivity index (χ0n) is 10.4. The lowest BCUT2D eigenvalue weighted by molar-refractivity contribution is 0.355. The highest BCUT2D eigenvalue weighted by atomic mass is 15.3. The van der Waals surface area contributed by atoms with Crippen LogP contribution >= 0.6 is 0 Å². The molecule has 1 aromatic heterocycles. The van der Waals surface area contributed by atoms with Crippen molar-refractivity contribution >= 4 is 5.69 Å². The van der Waals surface area contributed by atoms with E-state index in [1.165, 1.54) is 32.1 Å². The second-order valence-electron chi connectivity index (χ2n) is 4.98. The molecule has 0 atom stereocenters. The monoisotopic (exact) mass is 242 g/mol. The van der Waals surface area contributed by atoms with Gasteiger partial charge >= 0.3 is 0 Å². The zero-order chi connectivity index (χ0) is 12.4. The van der Waals surface area contributed by atoms with Gasteiger partial charge in [0.05, 0.1) is 0 Å². The standard InChI is InChI=1S/C14H18N4/c15-12-8-6-11(7-9-12)14-17-16-10-18(14)13-4-2-1-3-5-13/h6-10,13H,1-5,15H2. The number of rotatable bonds is 2. The zero-order valence-corrected chi connectivity index (χ0v) is 10.4. The first-order chi connectivity index (χ1) is 8.84. The maximum atomic E-state index is 5.72. The van der Waals surface area contributed by atoms with Gasteiger partial charge in [-0.25, -0.2) is 0 Å². The third-order valence-corrected chi connectivity index (χ3v) is 3.71. The van der Waals surface area contributed by atoms with E-state index in [0.29, 0.717) is 6.04 Å². The van der Waals surface area contributed by atoms with Crippen LogP contribution in [0.3, 0.4) is 0 Å². The van der Waals surface area contributed by atoms with Gasteiger partial charge in [0.2, 0.25) is 0 Å². The summed E-state index contributed by atoms with van der Waals surface area (Å²) in [6.45, 7) is 0. The molecule has 1 aromatic carbocycles. The van der Waals surface area contributed by atoms with Gasteiger partial charge in [-0.3, -0.25) is 0 Å². The SMILES string of the molecule is Nc1ccc(-c2nncn2C2CCCCC2)cc1. The van der Waals surface area contributed by atoms with Crippen LogP contribution in [-0.2, 0) is 0 Å². The van der Waals surface area contributed by atoms with Crippen LogP contribution in [0.5, 0.6) is 0 Å². The summed E-state index contributed by atoms with van der Waals surface area (Å²) < 4.78 is 2.23. The molecule has 0 saturated heterocycles. The molecule has 4 heteroatoms. The lowest BCUT2D eigenvalue weighted by Crippen LogP contribution is -2.13. The molecule has 1 aliphatic rings. The van der Waals surface area contributed by atoms with E-state index in [0.717, 1.165) is 17.1 Å². The van der Waals surface area contributed by atoms with Gasteiger partial charge < -0.3 is 10.3 Å². The van der Waals surface area contributed by atoms with Crippen LogP contribution in [0.15, 0.2) is 30.6 Å². The van der Waals surface area contributed by atoms with E-state index in [4.69, 9.17) is 5.73 Å². The Bertz CT molecular complexity index is 509. The molecule has 0 bridgehead atoms. The van der Waals surface area contributed by atoms with Gasteiger partial charge in [0.25, 0.3) is 0 Å². The number of benzene rings is 1. The summed E-state index contributed by atoms with van der Waals surface area (Å²) in [7, 11) is 0. The predicted octanol–water partition coefficient (Wildman–Crippen LogP) is 3.03. The van der Waals surface area contributed by atoms with Crippen molar-refractivity contribution in [3.63, 3.8) is 0 Å². The average Bonchev–Trinajstić information content (AvgIpc) is 2.90. The molecule has 0 radical (unpaired) electrons. The molecular formula is C14H18N4. The normalized spacial score (nSPS) is 16.9. The van der Waals surface area contributed by atoms with Gasteiger partial charge in [0, 0.05) is 17.3 Å². The van der Waals surface area contributed by atoms with E-state index >= 15 is 0 Å². The number of nitrogens with two attached hydrogens (primary N) is 1. The minimum Gasteiger partial charge on any atom is -0.399 e. The highest BCUT2D eigenvalue weighted by Crippen LogP contribution is 2.31. The van der Waals surface area contributed by atoms with Crippen molar-refractivity contribution < 1.29 is 0 Å². The lowest BCUT2D eigenvalue weighted by Gasteiger charge is -2.23. The van der Waals surface area contributed by atoms with Crippen molar-refractivity contribution in [3.05, 3.63) is 30.6 Å². The first kappa shape index (κ1) is 11.3. The Morgan fingerprint density at radius 1 is 1.06 bits per heavy atom. The average molecular weight is 242 g/mol. The summed E-state index contributed by atoms with van der Waals surface area (Å²) in [6.07, 6.45) is 8.31. The highest BCUT2D eigenvalue weighted by Gasteiger charge is 2.19. The Kier molecular flexibility index (Phi) is 3.00. The fourth-order valence-corrected chi connectivity index (χ4v) is 2.71. The summed E-state index contributed by atoms with van der Waals surface area (Å²) in [4.78, 5) is 0. The Balaban J connectivity index is 1.93. The van der Waals surface area contributed by atoms with E-state index in [9.17, 15) is 0 Å². The highest BCUT2D eigenvalue weighted by molar-refractivity contribution is 5.58. The van der Waals surface area contributed by atoms with Gasteiger partial charge in [0.15, 0.2) is 5.82 Å². The van der Waals surface area contributed by atoms with Gasteiger partial charge in [-0.05, 0) is 37.1 Å². The van der Waals surface area contributed by atoms with Crippen molar-refractivity contribution in [3.8, 4) is 11.4 Å². The van der Waals surface area contributed by atoms with Crippen LogP contribution in [0.1, 0.15) is 38.1 Å². The molecule has 4 nitrogen and oxygen atoms in total. The van der Waals surface area contributed by atoms with Crippen LogP contribution in [0.2, 0.25) is 0 Å². The van der Waals surface area contributed by atoms with E-state index < -0.39 is 0 Å². The Hall–Kier alpha value is -1.84. The number of nitrogen functional groups attached to an aromatic ring is 1. The number of hydrogen-bond acceptors (Lipinski definition) is 3. The Morgan fingerprint density at radius 3 is 2.50 bits per heavy atom. The summed E-state index contributed by atoms with van der Waals surface area (Å²) >= 11 is 0. The van der Waals surface area contributed by atoms with E-state index in [1.54, 1.807) is 0 Å². The molecule has 1 heterocycles. The molecule has 1 aliphatic carbocycles. The van der Waals surface area contributed by atoms with E-state index in [2.05, 4.69) is 14.8 Å². The third-order valence-electron chi connectivity index (χ3n) is 3.71. The van der Waals surface area contributed by atoms with Crippen LogP contribution in [-0.4, -0.2) is 14.8 Å². The van der Waals surface area contributed by atoms with Gasteiger partial charge in [-0.15, -0.1) is 10.2 Å². The number of hydrogen-bond donors (Lipinski definition) is 1. The molecule has 0 spiro atoms. The first-order valence-electron chi connectivity index (χ1n) is 6.60. The molecule has 2 aromatic rings. The number of nitrogens with zero attached hydrogens (tertiary/aromatic N) is 3. The van der Waals surface area contributed by atoms with Crippen molar-refractivity contribution in [2.24, 2.45) is 0 Å². The maximum Gasteiger partial charge on any atom is 0.164 e. The van der Waals surface area contributed by atoms with Crippen LogP contribution in [0, 0.1) is 0 Å². The van der Waals surface area contributed by atoms with E-state index in [1.807, 2.05) is 30.6 Å². The molecule has 1 saturated carbocycles. The molecule has 1 fully saturated rings. The smallest absolute Gasteiger partial charge is 0.164 e. The number of anilines is 1. The lowest BCUT2D eigenvalue weighted by atomic mass is 9.95. The summed E-state index contributed by atoms with van der Waals surface area (Å²) in [5, 5.41) is 8.34. The Morgan fingerprint density at radius 2 is 1.78 bits per heavy atom. The largest absolute Gasteiger partial charge is 0.399 e. The third kappa shape index (κ3) is 2.10. The second-order valence-corrected chi connectivity index (χ2v) is 4.98. The fraction of sp³-hybridized carbons (Fsp3) is 0.429. The molecule has 94 valence electrons. The van der Waals surface area contributed by atoms with Gasteiger partial charge in [0.1, 0.15) is 6.33 Å². The quantitative estimate of drug-likeness (QED) is 0.823. The van der Waals surface area contributed by atoms with Crippen molar-refractivity contribution in [1.29, 1.82) is 0 Å². The van der Waals surface area contributed by atoms with Crippen molar-refractivity contribution in [2.45, 2.75) is 38.1 Å². The van der Waals surface area contributed by atoms with Gasteiger partial charge in [-0.2, -0.15) is 0 Å². The molecule has 0 aliphatic heterocycles. The molecular weight excluding hydrogens is 224 g/mol. The summed E-state index contributed by atoms with van der Waals surface area (Å²) in [5.41, 5.74) is 7.59. The van der Waals surface area contributed by atoms with Crippen molar-refractivity contribution in [2.75, 3.05) is 5.73 Å². The number of aromatic nitrogens is 3. The molecule has 18 heavy (non-hydrogen) atoms. The second kappa shape index (κ2) is 4.80. The first-order valence-corrected chi connectivity index (χ1v) is 6.60. The Labute approximate surface area is 107 Å². The molecule has 0 unspecified atom stereocenters. The summed E-state index contributed by atoms with van der Waals surface area (Å²) in [5.74, 6) is 0.960. The fourth-order valence-electron chi connectivity index (χ4n) is 2.71. The molecule has 3 rings (SSSR count). The van der Waals surface area contributed by atoms with Gasteiger partial charge in [-0.1, -0.05) is 19.3 Å². The predicted molar refractivity (Wildman–Crippen MR) is 72.0 cm³/mol. The summed E-state index contributed by atoms with van der Waals surface area (Å²) in [6, 6.07) is 8.41. The van der Waals surface area contributed by atoms with Crippen molar-refractivity contribution in [1.82, 2.24) is 14.8 Å². The molecule has 2 N–H and O–H groups in total. The molecule has 0 amide bonds. The van der Waals surface area contributed by atoms with Crippen LogP contribution < -0.4 is 5.73 Å². The topological polar surface area (TPSA) is 56.7 Å². The minimum atomic E-state index is 0.557. The van der Waals surface area contributed by atoms with Crippen LogP contribution in [0.4, 0.5) is 5.69 Å². The maximum absolute atomic E-state index is 5.72. The minimum absolute atomic E-state index is 0.557.